The second-order valence-electron chi connectivity index (χ2n) is 5.48. The molecule has 0 radical (unpaired) electrons. The van der Waals surface area contributed by atoms with Gasteiger partial charge in [0, 0.05) is 12.0 Å². The van der Waals surface area contributed by atoms with Crippen molar-refractivity contribution in [2.75, 3.05) is 0 Å². The van der Waals surface area contributed by atoms with Gasteiger partial charge in [-0.15, -0.1) is 0 Å². The summed E-state index contributed by atoms with van der Waals surface area (Å²) < 4.78 is 11.8. The van der Waals surface area contributed by atoms with Crippen LogP contribution in [0.2, 0.25) is 0 Å². The Morgan fingerprint density at radius 2 is 2.00 bits per heavy atom. The average molecular weight is 198 g/mol. The Morgan fingerprint density at radius 1 is 1.29 bits per heavy atom. The largest absolute Gasteiger partial charge is 0.354 e. The fourth-order valence-corrected chi connectivity index (χ4v) is 2.81. The van der Waals surface area contributed by atoms with E-state index in [9.17, 15) is 0 Å². The van der Waals surface area contributed by atoms with Gasteiger partial charge in [0.1, 0.15) is 18.1 Å². The summed E-state index contributed by atoms with van der Waals surface area (Å²) in [6.45, 7) is 6.16. The van der Waals surface area contributed by atoms with Gasteiger partial charge < -0.3 is 15.2 Å². The highest BCUT2D eigenvalue weighted by Gasteiger charge is 2.65. The maximum absolute atomic E-state index is 6.17. The van der Waals surface area contributed by atoms with E-state index in [1.807, 2.05) is 13.8 Å². The maximum Gasteiger partial charge on any atom is 0.139 e. The highest BCUT2D eigenvalue weighted by molar-refractivity contribution is 5.15. The Bertz CT molecular complexity index is 281. The fraction of sp³-hybridized carbons (Fsp3) is 1.00. The van der Waals surface area contributed by atoms with Crippen LogP contribution in [0, 0.1) is 5.92 Å². The molecule has 14 heavy (non-hydrogen) atoms. The van der Waals surface area contributed by atoms with E-state index < -0.39 is 0 Å². The van der Waals surface area contributed by atoms with E-state index in [-0.39, 0.29) is 29.7 Å². The first-order valence-corrected chi connectivity index (χ1v) is 5.30. The van der Waals surface area contributed by atoms with Crippen molar-refractivity contribution in [1.82, 2.24) is 5.32 Å². The van der Waals surface area contributed by atoms with Crippen molar-refractivity contribution >= 4 is 0 Å². The van der Waals surface area contributed by atoms with Gasteiger partial charge in [-0.2, -0.15) is 0 Å². The van der Waals surface area contributed by atoms with Crippen LogP contribution in [0.25, 0.3) is 0 Å². The minimum Gasteiger partial charge on any atom is -0.354 e. The number of nitrogens with two attached hydrogens (primary N) is 1. The highest BCUT2D eigenvalue weighted by atomic mass is 16.6. The molecule has 80 valence electrons. The monoisotopic (exact) mass is 198 g/mol. The van der Waals surface area contributed by atoms with Gasteiger partial charge in [0.05, 0.1) is 5.60 Å². The van der Waals surface area contributed by atoms with Crippen molar-refractivity contribution in [3.8, 4) is 0 Å². The van der Waals surface area contributed by atoms with Crippen LogP contribution in [0.3, 0.4) is 0 Å². The molecule has 5 atom stereocenters. The van der Waals surface area contributed by atoms with Crippen molar-refractivity contribution in [3.63, 3.8) is 0 Å². The molecule has 3 fully saturated rings. The summed E-state index contributed by atoms with van der Waals surface area (Å²) in [4.78, 5) is 0. The molecule has 1 aliphatic carbocycles. The Labute approximate surface area is 84.1 Å². The van der Waals surface area contributed by atoms with Crippen LogP contribution in [-0.4, -0.2) is 29.7 Å². The molecule has 0 bridgehead atoms. The summed E-state index contributed by atoms with van der Waals surface area (Å²) in [6.07, 6.45) is 1.07. The predicted octanol–water partition coefficient (Wildman–Crippen LogP) is 0.173. The topological polar surface area (TPSA) is 56.5 Å². The molecule has 4 heteroatoms. The molecule has 1 saturated carbocycles. The number of nitrogens with one attached hydrogen (secondary N) is 1. The first kappa shape index (κ1) is 9.09. The highest BCUT2D eigenvalue weighted by Crippen LogP contribution is 2.54. The van der Waals surface area contributed by atoms with Gasteiger partial charge in [-0.1, -0.05) is 0 Å². The third-order valence-corrected chi connectivity index (χ3v) is 3.71. The summed E-state index contributed by atoms with van der Waals surface area (Å²) in [6, 6.07) is 0.119. The SMILES string of the molecule is CC1(C)N[C@@H]2OC3(C)C[C@@H]3C(N)C2O1. The molecule has 3 unspecified atom stereocenters. The Kier molecular flexibility index (Phi) is 1.51. The van der Waals surface area contributed by atoms with E-state index in [0.717, 1.165) is 6.42 Å². The van der Waals surface area contributed by atoms with Gasteiger partial charge in [-0.3, -0.25) is 5.32 Å². The van der Waals surface area contributed by atoms with Gasteiger partial charge in [-0.05, 0) is 27.2 Å². The van der Waals surface area contributed by atoms with Gasteiger partial charge in [-0.25, -0.2) is 0 Å². The summed E-state index contributed by atoms with van der Waals surface area (Å²) >= 11 is 0. The zero-order valence-electron chi connectivity index (χ0n) is 8.91. The summed E-state index contributed by atoms with van der Waals surface area (Å²) in [7, 11) is 0. The molecular weight excluding hydrogens is 180 g/mol. The van der Waals surface area contributed by atoms with E-state index in [2.05, 4.69) is 12.2 Å². The Hall–Kier alpha value is -0.160. The molecular formula is C10H18N2O2. The van der Waals surface area contributed by atoms with Crippen LogP contribution < -0.4 is 11.1 Å². The maximum atomic E-state index is 6.17. The van der Waals surface area contributed by atoms with Gasteiger partial charge in [0.15, 0.2) is 0 Å². The second-order valence-corrected chi connectivity index (χ2v) is 5.48. The molecule has 2 heterocycles. The normalized spacial score (nSPS) is 59.1. The second kappa shape index (κ2) is 2.32. The number of rotatable bonds is 0. The van der Waals surface area contributed by atoms with Crippen LogP contribution in [-0.2, 0) is 9.47 Å². The summed E-state index contributed by atoms with van der Waals surface area (Å²) in [5.74, 6) is 0.486. The van der Waals surface area contributed by atoms with Crippen LogP contribution in [0.1, 0.15) is 27.2 Å². The number of ether oxygens (including phenoxy) is 2. The number of hydrogen-bond donors (Lipinski definition) is 2. The lowest BCUT2D eigenvalue weighted by molar-refractivity contribution is -0.119. The van der Waals surface area contributed by atoms with Crippen molar-refractivity contribution in [1.29, 1.82) is 0 Å². The smallest absolute Gasteiger partial charge is 0.139 e. The molecule has 3 rings (SSSR count). The van der Waals surface area contributed by atoms with Crippen LogP contribution >= 0.6 is 0 Å². The van der Waals surface area contributed by atoms with E-state index >= 15 is 0 Å². The minimum absolute atomic E-state index is 0.0113. The first-order chi connectivity index (χ1) is 6.41. The zero-order chi connectivity index (χ0) is 10.1. The van der Waals surface area contributed by atoms with E-state index in [0.29, 0.717) is 5.92 Å². The average Bonchev–Trinajstić information content (AvgIpc) is 2.60. The van der Waals surface area contributed by atoms with Gasteiger partial charge in [0.25, 0.3) is 0 Å². The number of hydrogen-bond acceptors (Lipinski definition) is 4. The number of fused-ring (bicyclic) bond motifs is 2. The van der Waals surface area contributed by atoms with Gasteiger partial charge >= 0.3 is 0 Å². The van der Waals surface area contributed by atoms with Crippen molar-refractivity contribution in [2.24, 2.45) is 11.7 Å². The van der Waals surface area contributed by atoms with Crippen LogP contribution in [0.4, 0.5) is 0 Å². The van der Waals surface area contributed by atoms with E-state index in [1.165, 1.54) is 0 Å². The van der Waals surface area contributed by atoms with Crippen LogP contribution in [0.5, 0.6) is 0 Å². The third kappa shape index (κ3) is 1.08. The van der Waals surface area contributed by atoms with E-state index in [4.69, 9.17) is 15.2 Å². The summed E-state index contributed by atoms with van der Waals surface area (Å²) in [5.41, 5.74) is 5.87. The lowest BCUT2D eigenvalue weighted by Gasteiger charge is -2.33. The quantitative estimate of drug-likeness (QED) is 0.582. The Morgan fingerprint density at radius 3 is 2.71 bits per heavy atom. The molecule has 3 aliphatic rings. The standard InChI is InChI=1S/C10H18N2O2/c1-9(2)12-8-7(13-9)6(11)5-4-10(5,3)14-8/h5-8,12H,4,11H2,1-3H3/t5-,6?,7?,8-,10?/m1/s1. The molecule has 2 saturated heterocycles. The van der Waals surface area contributed by atoms with Crippen LogP contribution in [0.15, 0.2) is 0 Å². The molecule has 3 N–H and O–H groups in total. The van der Waals surface area contributed by atoms with Crippen molar-refractivity contribution in [2.45, 2.75) is 56.9 Å². The molecule has 0 aromatic heterocycles. The zero-order valence-corrected chi connectivity index (χ0v) is 8.91. The van der Waals surface area contributed by atoms with Crippen molar-refractivity contribution in [3.05, 3.63) is 0 Å². The molecule has 0 amide bonds. The first-order valence-electron chi connectivity index (χ1n) is 5.30. The molecule has 4 nitrogen and oxygen atoms in total. The Balaban J connectivity index is 1.85. The van der Waals surface area contributed by atoms with E-state index in [1.54, 1.807) is 0 Å². The summed E-state index contributed by atoms with van der Waals surface area (Å²) in [5, 5.41) is 3.32. The van der Waals surface area contributed by atoms with Crippen molar-refractivity contribution < 1.29 is 9.47 Å². The molecule has 0 aromatic rings. The third-order valence-electron chi connectivity index (χ3n) is 3.71. The lowest BCUT2D eigenvalue weighted by Crippen LogP contribution is -2.54. The molecule has 0 aromatic carbocycles. The molecule has 2 aliphatic heterocycles. The predicted molar refractivity (Wildman–Crippen MR) is 51.4 cm³/mol. The molecule has 0 spiro atoms. The van der Waals surface area contributed by atoms with Gasteiger partial charge in [0.2, 0.25) is 0 Å². The minimum atomic E-state index is -0.305. The fourth-order valence-electron chi connectivity index (χ4n) is 2.81. The lowest BCUT2D eigenvalue weighted by atomic mass is 10.0.